The Morgan fingerprint density at radius 2 is 1.48 bits per heavy atom. The monoisotopic (exact) mass is 550 g/mol. The van der Waals surface area contributed by atoms with Crippen molar-refractivity contribution in [2.24, 2.45) is 5.92 Å². The van der Waals surface area contributed by atoms with Gasteiger partial charge in [0, 0.05) is 0 Å². The van der Waals surface area contributed by atoms with E-state index in [1.807, 2.05) is 0 Å². The van der Waals surface area contributed by atoms with Gasteiger partial charge in [0.2, 0.25) is 0 Å². The zero-order valence-corrected chi connectivity index (χ0v) is 18.0. The third-order valence-corrected chi connectivity index (χ3v) is 7.13. The number of carbonyl (C=O) groups is 1. The third-order valence-electron chi connectivity index (χ3n) is 2.43. The van der Waals surface area contributed by atoms with Gasteiger partial charge in [-0.25, -0.2) is 0 Å². The molecule has 0 aromatic heterocycles. The molecule has 0 bridgehead atoms. The van der Waals surface area contributed by atoms with Crippen molar-refractivity contribution in [3.8, 4) is 11.5 Å². The topological polar surface area (TPSA) is 44.8 Å². The average molecular weight is 554 g/mol. The van der Waals surface area contributed by atoms with Crippen LogP contribution in [0.4, 0.5) is 0 Å². The van der Waals surface area contributed by atoms with Gasteiger partial charge in [0.25, 0.3) is 0 Å². The van der Waals surface area contributed by atoms with Gasteiger partial charge in [-0.15, -0.1) is 0 Å². The molecule has 0 amide bonds. The highest BCUT2D eigenvalue weighted by atomic mass is 79.9. The minimum atomic E-state index is -0.247. The molecule has 0 aliphatic rings. The number of benzene rings is 1. The Balaban J connectivity index is 2.82. The second kappa shape index (κ2) is 8.74. The van der Waals surface area contributed by atoms with Gasteiger partial charge in [-0.3, -0.25) is 4.79 Å². The lowest BCUT2D eigenvalue weighted by Gasteiger charge is -2.17. The maximum absolute atomic E-state index is 11.4. The maximum Gasteiger partial charge on any atom is 0.308 e. The van der Waals surface area contributed by atoms with Crippen LogP contribution in [0.3, 0.4) is 0 Å². The smallest absolute Gasteiger partial charge is 0.308 e. The van der Waals surface area contributed by atoms with Crippen LogP contribution < -0.4 is 9.47 Å². The lowest BCUT2D eigenvalue weighted by atomic mass is 10.2. The second-order valence-corrected chi connectivity index (χ2v) is 7.46. The molecule has 0 fully saturated rings. The van der Waals surface area contributed by atoms with Crippen LogP contribution in [0, 0.1) is 5.92 Å². The number of methoxy groups -OCH3 is 1. The summed E-state index contributed by atoms with van der Waals surface area (Å²) in [6.45, 7) is 3.98. The molecule has 0 aliphatic carbocycles. The van der Waals surface area contributed by atoms with Gasteiger partial charge in [-0.2, -0.15) is 0 Å². The van der Waals surface area contributed by atoms with E-state index >= 15 is 0 Å². The third kappa shape index (κ3) is 4.84. The van der Waals surface area contributed by atoms with Crippen LogP contribution in [0.25, 0.3) is 0 Å². The van der Waals surface area contributed by atoms with Crippen molar-refractivity contribution in [3.05, 3.63) is 17.9 Å². The lowest BCUT2D eigenvalue weighted by molar-refractivity contribution is -0.148. The van der Waals surface area contributed by atoms with E-state index in [0.717, 1.165) is 13.4 Å². The van der Waals surface area contributed by atoms with Gasteiger partial charge in [0.15, 0.2) is 11.5 Å². The highest BCUT2D eigenvalue weighted by Crippen LogP contribution is 2.50. The van der Waals surface area contributed by atoms with Gasteiger partial charge in [-0.1, -0.05) is 13.8 Å². The molecular formula is C13H14Br4O4. The lowest BCUT2D eigenvalue weighted by Crippen LogP contribution is -2.16. The Kier molecular flexibility index (Phi) is 8.02. The largest absolute Gasteiger partial charge is 0.492 e. The first kappa shape index (κ1) is 19.3. The number of rotatable bonds is 6. The molecule has 1 rings (SSSR count). The minimum Gasteiger partial charge on any atom is -0.492 e. The van der Waals surface area contributed by atoms with Gasteiger partial charge < -0.3 is 14.2 Å². The highest BCUT2D eigenvalue weighted by Gasteiger charge is 2.21. The molecule has 0 spiro atoms. The molecular weight excluding hydrogens is 540 g/mol. The van der Waals surface area contributed by atoms with E-state index in [-0.39, 0.29) is 25.1 Å². The fourth-order valence-electron chi connectivity index (χ4n) is 1.36. The SMILES string of the molecule is COc1c(Br)c(Br)c(Br)c(Br)c1OCCOC(=O)C(C)C. The molecule has 0 atom stereocenters. The first-order chi connectivity index (χ1) is 9.81. The zero-order chi connectivity index (χ0) is 16.2. The first-order valence-electron chi connectivity index (χ1n) is 6.00. The predicted molar refractivity (Wildman–Crippen MR) is 95.1 cm³/mol. The molecule has 0 unspecified atom stereocenters. The molecule has 1 aromatic rings. The number of hydrogen-bond acceptors (Lipinski definition) is 4. The summed E-state index contributed by atoms with van der Waals surface area (Å²) in [5.74, 6) is 0.678. The Bertz CT molecular complexity index is 532. The average Bonchev–Trinajstić information content (AvgIpc) is 2.45. The Labute approximate surface area is 157 Å². The molecule has 1 aromatic carbocycles. The van der Waals surface area contributed by atoms with Crippen molar-refractivity contribution in [3.63, 3.8) is 0 Å². The summed E-state index contributed by atoms with van der Waals surface area (Å²) in [5.41, 5.74) is 0. The summed E-state index contributed by atoms with van der Waals surface area (Å²) >= 11 is 13.8. The van der Waals surface area contributed by atoms with Gasteiger partial charge in [0.1, 0.15) is 13.2 Å². The van der Waals surface area contributed by atoms with E-state index in [9.17, 15) is 4.79 Å². The molecule has 0 N–H and O–H groups in total. The van der Waals surface area contributed by atoms with Crippen molar-refractivity contribution in [1.29, 1.82) is 0 Å². The van der Waals surface area contributed by atoms with E-state index in [4.69, 9.17) is 14.2 Å². The molecule has 0 aliphatic heterocycles. The molecule has 4 nitrogen and oxygen atoms in total. The van der Waals surface area contributed by atoms with E-state index in [2.05, 4.69) is 63.7 Å². The fraction of sp³-hybridized carbons (Fsp3) is 0.462. The van der Waals surface area contributed by atoms with Crippen molar-refractivity contribution >= 4 is 69.7 Å². The quantitative estimate of drug-likeness (QED) is 0.207. The van der Waals surface area contributed by atoms with Crippen LogP contribution in [0.5, 0.6) is 11.5 Å². The number of hydrogen-bond donors (Lipinski definition) is 0. The first-order valence-corrected chi connectivity index (χ1v) is 9.17. The normalized spacial score (nSPS) is 10.7. The number of halogens is 4. The Hall–Kier alpha value is 0.210. The van der Waals surface area contributed by atoms with E-state index in [1.165, 1.54) is 0 Å². The van der Waals surface area contributed by atoms with E-state index in [0.29, 0.717) is 16.0 Å². The molecule has 0 radical (unpaired) electrons. The van der Waals surface area contributed by atoms with Crippen LogP contribution >= 0.6 is 63.7 Å². The van der Waals surface area contributed by atoms with Crippen molar-refractivity contribution in [2.75, 3.05) is 20.3 Å². The Morgan fingerprint density at radius 3 is 1.95 bits per heavy atom. The summed E-state index contributed by atoms with van der Waals surface area (Å²) in [6, 6.07) is 0. The van der Waals surface area contributed by atoms with Crippen molar-refractivity contribution in [1.82, 2.24) is 0 Å². The van der Waals surface area contributed by atoms with Gasteiger partial charge in [-0.05, 0) is 63.7 Å². The van der Waals surface area contributed by atoms with Crippen LogP contribution in [-0.2, 0) is 9.53 Å². The fourth-order valence-corrected chi connectivity index (χ4v) is 3.68. The molecule has 0 heterocycles. The van der Waals surface area contributed by atoms with Crippen LogP contribution in [0.2, 0.25) is 0 Å². The summed E-state index contributed by atoms with van der Waals surface area (Å²) in [5, 5.41) is 0. The molecule has 8 heteroatoms. The van der Waals surface area contributed by atoms with Crippen molar-refractivity contribution < 1.29 is 19.0 Å². The summed E-state index contributed by atoms with van der Waals surface area (Å²) in [7, 11) is 1.55. The molecule has 0 saturated carbocycles. The zero-order valence-electron chi connectivity index (χ0n) is 11.6. The standard InChI is InChI=1S/C13H14Br4O4/c1-6(2)13(18)21-5-4-20-12-10(17)8(15)7(14)9(16)11(12)19-3/h6H,4-5H2,1-3H3. The molecule has 21 heavy (non-hydrogen) atoms. The Morgan fingerprint density at radius 1 is 0.952 bits per heavy atom. The van der Waals surface area contributed by atoms with Crippen LogP contribution in [0.15, 0.2) is 17.9 Å². The summed E-state index contributed by atoms with van der Waals surface area (Å²) in [4.78, 5) is 11.4. The molecule has 0 saturated heterocycles. The van der Waals surface area contributed by atoms with Gasteiger partial charge in [0.05, 0.1) is 30.9 Å². The van der Waals surface area contributed by atoms with E-state index < -0.39 is 0 Å². The minimum absolute atomic E-state index is 0.151. The predicted octanol–water partition coefficient (Wildman–Crippen LogP) is 5.32. The van der Waals surface area contributed by atoms with Crippen molar-refractivity contribution in [2.45, 2.75) is 13.8 Å². The number of carbonyl (C=O) groups excluding carboxylic acids is 1. The van der Waals surface area contributed by atoms with Gasteiger partial charge >= 0.3 is 5.97 Å². The van der Waals surface area contributed by atoms with Crippen LogP contribution in [0.1, 0.15) is 13.8 Å². The second-order valence-electron chi connectivity index (χ2n) is 4.29. The summed E-state index contributed by atoms with van der Waals surface area (Å²) < 4.78 is 19.1. The highest BCUT2D eigenvalue weighted by molar-refractivity contribution is 9.15. The van der Waals surface area contributed by atoms with E-state index in [1.54, 1.807) is 21.0 Å². The summed E-state index contributed by atoms with van der Waals surface area (Å²) in [6.07, 6.45) is 0. The number of ether oxygens (including phenoxy) is 3. The van der Waals surface area contributed by atoms with Crippen LogP contribution in [-0.4, -0.2) is 26.3 Å². The molecule has 118 valence electrons. The number of esters is 1. The maximum atomic E-state index is 11.4.